The summed E-state index contributed by atoms with van der Waals surface area (Å²) in [5.41, 5.74) is 0.143. The molecule has 2 N–H and O–H groups in total. The fourth-order valence-electron chi connectivity index (χ4n) is 1.18. The molecule has 0 radical (unpaired) electrons. The van der Waals surface area contributed by atoms with E-state index < -0.39 is 0 Å². The Bertz CT molecular complexity index is 128. The lowest BCUT2D eigenvalue weighted by Gasteiger charge is -2.27. The minimum absolute atomic E-state index is 0.143. The number of amides is 1. The fourth-order valence-corrected chi connectivity index (χ4v) is 1.18. The highest BCUT2D eigenvalue weighted by atomic mass is 16.2. The van der Waals surface area contributed by atoms with Crippen LogP contribution in [0.15, 0.2) is 0 Å². The van der Waals surface area contributed by atoms with Crippen LogP contribution >= 0.6 is 0 Å². The first-order valence-corrected chi connectivity index (χ1v) is 4.46. The van der Waals surface area contributed by atoms with Crippen LogP contribution in [0.4, 0.5) is 0 Å². The van der Waals surface area contributed by atoms with Crippen molar-refractivity contribution in [1.82, 2.24) is 5.32 Å². The van der Waals surface area contributed by atoms with E-state index in [1.165, 1.54) is 0 Å². The van der Waals surface area contributed by atoms with E-state index in [9.17, 15) is 4.79 Å². The number of aliphatic hydroxyl groups is 1. The SMILES string of the molecule is CCC(C)(CCCO)CNC=O. The predicted molar refractivity (Wildman–Crippen MR) is 48.8 cm³/mol. The number of aliphatic hydroxyl groups excluding tert-OH is 1. The number of hydrogen-bond donors (Lipinski definition) is 2. The van der Waals surface area contributed by atoms with Crippen molar-refractivity contribution in [3.8, 4) is 0 Å². The van der Waals surface area contributed by atoms with Gasteiger partial charge in [-0.2, -0.15) is 0 Å². The minimum Gasteiger partial charge on any atom is -0.396 e. The molecule has 0 saturated carbocycles. The van der Waals surface area contributed by atoms with Gasteiger partial charge in [-0.1, -0.05) is 13.8 Å². The van der Waals surface area contributed by atoms with Crippen LogP contribution in [0, 0.1) is 5.41 Å². The molecule has 3 heteroatoms. The highest BCUT2D eigenvalue weighted by Crippen LogP contribution is 2.25. The van der Waals surface area contributed by atoms with Crippen LogP contribution in [0.25, 0.3) is 0 Å². The Labute approximate surface area is 74.2 Å². The van der Waals surface area contributed by atoms with E-state index in [-0.39, 0.29) is 12.0 Å². The normalized spacial score (nSPS) is 15.2. The Morgan fingerprint density at radius 3 is 2.67 bits per heavy atom. The molecule has 3 nitrogen and oxygen atoms in total. The van der Waals surface area contributed by atoms with Gasteiger partial charge < -0.3 is 10.4 Å². The van der Waals surface area contributed by atoms with Crippen molar-refractivity contribution in [2.75, 3.05) is 13.2 Å². The molecule has 12 heavy (non-hydrogen) atoms. The van der Waals surface area contributed by atoms with E-state index in [4.69, 9.17) is 5.11 Å². The molecule has 0 fully saturated rings. The number of carbonyl (C=O) groups is 1. The van der Waals surface area contributed by atoms with Crippen LogP contribution in [0.5, 0.6) is 0 Å². The molecule has 0 aromatic heterocycles. The first-order chi connectivity index (χ1) is 5.68. The number of rotatable bonds is 7. The Hall–Kier alpha value is -0.570. The molecule has 0 saturated heterocycles. The molecule has 0 heterocycles. The lowest BCUT2D eigenvalue weighted by atomic mass is 9.83. The smallest absolute Gasteiger partial charge is 0.207 e. The monoisotopic (exact) mass is 173 g/mol. The molecule has 1 unspecified atom stereocenters. The van der Waals surface area contributed by atoms with Gasteiger partial charge in [0.05, 0.1) is 0 Å². The maximum atomic E-state index is 10.1. The molecule has 0 aliphatic rings. The standard InChI is InChI=1S/C9H19NO2/c1-3-9(2,5-4-6-11)7-10-8-12/h8,11H,3-7H2,1-2H3,(H,10,12). The van der Waals surface area contributed by atoms with E-state index in [1.54, 1.807) is 0 Å². The van der Waals surface area contributed by atoms with Crippen LogP contribution in [0.1, 0.15) is 33.1 Å². The fraction of sp³-hybridized carbons (Fsp3) is 0.889. The van der Waals surface area contributed by atoms with Crippen molar-refractivity contribution < 1.29 is 9.90 Å². The van der Waals surface area contributed by atoms with E-state index in [0.29, 0.717) is 6.54 Å². The van der Waals surface area contributed by atoms with E-state index in [1.807, 2.05) is 0 Å². The largest absolute Gasteiger partial charge is 0.396 e. The van der Waals surface area contributed by atoms with Crippen molar-refractivity contribution >= 4 is 6.41 Å². The Morgan fingerprint density at radius 1 is 1.58 bits per heavy atom. The Balaban J connectivity index is 3.77. The summed E-state index contributed by atoms with van der Waals surface area (Å²) in [6.45, 7) is 5.16. The minimum atomic E-state index is 0.143. The maximum absolute atomic E-state index is 10.1. The Kier molecular flexibility index (Phi) is 5.72. The third kappa shape index (κ3) is 4.34. The number of nitrogens with one attached hydrogen (secondary N) is 1. The van der Waals surface area contributed by atoms with Crippen molar-refractivity contribution in [3.05, 3.63) is 0 Å². The molecule has 0 rings (SSSR count). The summed E-state index contributed by atoms with van der Waals surface area (Å²) in [4.78, 5) is 10.1. The summed E-state index contributed by atoms with van der Waals surface area (Å²) in [6, 6.07) is 0. The molecule has 72 valence electrons. The van der Waals surface area contributed by atoms with Gasteiger partial charge in [0, 0.05) is 13.2 Å². The second-order valence-corrected chi connectivity index (χ2v) is 3.49. The quantitative estimate of drug-likeness (QED) is 0.562. The lowest BCUT2D eigenvalue weighted by molar-refractivity contribution is -0.110. The third-order valence-electron chi connectivity index (χ3n) is 2.40. The zero-order valence-corrected chi connectivity index (χ0v) is 7.97. The number of hydrogen-bond acceptors (Lipinski definition) is 2. The van der Waals surface area contributed by atoms with Gasteiger partial charge in [0.15, 0.2) is 0 Å². The summed E-state index contributed by atoms with van der Waals surface area (Å²) < 4.78 is 0. The molecular weight excluding hydrogens is 154 g/mol. The van der Waals surface area contributed by atoms with Gasteiger partial charge in [0.2, 0.25) is 6.41 Å². The molecular formula is C9H19NO2. The second-order valence-electron chi connectivity index (χ2n) is 3.49. The van der Waals surface area contributed by atoms with Crippen LogP contribution in [0.2, 0.25) is 0 Å². The summed E-state index contributed by atoms with van der Waals surface area (Å²) >= 11 is 0. The summed E-state index contributed by atoms with van der Waals surface area (Å²) in [7, 11) is 0. The predicted octanol–water partition coefficient (Wildman–Crippen LogP) is 0.921. The second kappa shape index (κ2) is 6.00. The average molecular weight is 173 g/mol. The highest BCUT2D eigenvalue weighted by molar-refractivity contribution is 5.45. The van der Waals surface area contributed by atoms with E-state index >= 15 is 0 Å². The van der Waals surface area contributed by atoms with Gasteiger partial charge in [0.25, 0.3) is 0 Å². The summed E-state index contributed by atoms with van der Waals surface area (Å²) in [5, 5.41) is 11.3. The van der Waals surface area contributed by atoms with Crippen molar-refractivity contribution in [2.24, 2.45) is 5.41 Å². The van der Waals surface area contributed by atoms with Crippen LogP contribution in [0.3, 0.4) is 0 Å². The molecule has 0 aromatic rings. The zero-order chi connectivity index (χ0) is 9.45. The van der Waals surface area contributed by atoms with Crippen molar-refractivity contribution in [3.63, 3.8) is 0 Å². The van der Waals surface area contributed by atoms with Crippen molar-refractivity contribution in [2.45, 2.75) is 33.1 Å². The molecule has 0 bridgehead atoms. The molecule has 1 atom stereocenters. The van der Waals surface area contributed by atoms with Crippen LogP contribution < -0.4 is 5.32 Å². The van der Waals surface area contributed by atoms with Gasteiger partial charge in [-0.15, -0.1) is 0 Å². The average Bonchev–Trinajstić information content (AvgIpc) is 2.11. The molecule has 0 aliphatic carbocycles. The van der Waals surface area contributed by atoms with Gasteiger partial charge >= 0.3 is 0 Å². The summed E-state index contributed by atoms with van der Waals surface area (Å²) in [6.07, 6.45) is 3.52. The van der Waals surface area contributed by atoms with E-state index in [2.05, 4.69) is 19.2 Å². The molecule has 0 spiro atoms. The van der Waals surface area contributed by atoms with Crippen LogP contribution in [-0.2, 0) is 4.79 Å². The van der Waals surface area contributed by atoms with Crippen LogP contribution in [-0.4, -0.2) is 24.7 Å². The first-order valence-electron chi connectivity index (χ1n) is 4.46. The van der Waals surface area contributed by atoms with Gasteiger partial charge in [-0.05, 0) is 24.7 Å². The lowest BCUT2D eigenvalue weighted by Crippen LogP contribution is -2.30. The molecule has 0 aliphatic heterocycles. The zero-order valence-electron chi connectivity index (χ0n) is 7.97. The summed E-state index contributed by atoms with van der Waals surface area (Å²) in [5.74, 6) is 0. The Morgan fingerprint density at radius 2 is 2.25 bits per heavy atom. The third-order valence-corrected chi connectivity index (χ3v) is 2.40. The van der Waals surface area contributed by atoms with Gasteiger partial charge in [0.1, 0.15) is 0 Å². The van der Waals surface area contributed by atoms with Gasteiger partial charge in [-0.3, -0.25) is 4.79 Å². The topological polar surface area (TPSA) is 49.3 Å². The van der Waals surface area contributed by atoms with E-state index in [0.717, 1.165) is 25.7 Å². The van der Waals surface area contributed by atoms with Gasteiger partial charge in [-0.25, -0.2) is 0 Å². The number of carbonyl (C=O) groups excluding carboxylic acids is 1. The molecule has 1 amide bonds. The van der Waals surface area contributed by atoms with Crippen molar-refractivity contribution in [1.29, 1.82) is 0 Å². The maximum Gasteiger partial charge on any atom is 0.207 e. The molecule has 0 aromatic carbocycles. The first kappa shape index (κ1) is 11.4. The highest BCUT2D eigenvalue weighted by Gasteiger charge is 2.20.